The summed E-state index contributed by atoms with van der Waals surface area (Å²) in [6, 6.07) is 12.3. The number of aromatic nitrogens is 1. The average molecular weight is 309 g/mol. The number of nitrogens with zero attached hydrogens (tertiary/aromatic N) is 1. The molecular weight excluding hydrogens is 296 g/mol. The summed E-state index contributed by atoms with van der Waals surface area (Å²) in [7, 11) is 0. The van der Waals surface area contributed by atoms with E-state index < -0.39 is 0 Å². The van der Waals surface area contributed by atoms with Gasteiger partial charge in [-0.05, 0) is 35.9 Å². The molecule has 0 fully saturated rings. The summed E-state index contributed by atoms with van der Waals surface area (Å²) in [5.74, 6) is 0. The Morgan fingerprint density at radius 3 is 2.59 bits per heavy atom. The molecule has 0 spiro atoms. The monoisotopic (exact) mass is 308 g/mol. The molecule has 0 saturated heterocycles. The minimum Gasteiger partial charge on any atom is -0.329 e. The summed E-state index contributed by atoms with van der Waals surface area (Å²) in [6.07, 6.45) is 3.66. The van der Waals surface area contributed by atoms with E-state index in [1.807, 2.05) is 24.4 Å². The largest absolute Gasteiger partial charge is 0.329 e. The molecule has 2 rings (SSSR count). The van der Waals surface area contributed by atoms with E-state index in [4.69, 9.17) is 5.73 Å². The maximum atomic E-state index is 5.82. The summed E-state index contributed by atoms with van der Waals surface area (Å²) >= 11 is 5.19. The topological polar surface area (TPSA) is 38.9 Å². The number of hydrogen-bond donors (Lipinski definition) is 1. The van der Waals surface area contributed by atoms with Crippen LogP contribution >= 0.6 is 27.7 Å². The molecule has 1 heterocycles. The van der Waals surface area contributed by atoms with Gasteiger partial charge in [0.15, 0.2) is 0 Å². The lowest BCUT2D eigenvalue weighted by atomic mass is 10.2. The van der Waals surface area contributed by atoms with Crippen molar-refractivity contribution in [2.45, 2.75) is 10.1 Å². The molecule has 17 heavy (non-hydrogen) atoms. The Labute approximate surface area is 114 Å². The van der Waals surface area contributed by atoms with Crippen LogP contribution in [0.1, 0.15) is 10.8 Å². The smallest absolute Gasteiger partial charge is 0.0482 e. The Balaban J connectivity index is 2.13. The summed E-state index contributed by atoms with van der Waals surface area (Å²) in [5, 5.41) is 0.255. The second kappa shape index (κ2) is 6.19. The number of thioether (sulfide) groups is 1. The first-order chi connectivity index (χ1) is 8.29. The fourth-order valence-corrected chi connectivity index (χ4v) is 2.75. The second-order valence-electron chi connectivity index (χ2n) is 3.58. The van der Waals surface area contributed by atoms with E-state index >= 15 is 0 Å². The van der Waals surface area contributed by atoms with Crippen molar-refractivity contribution in [1.29, 1.82) is 0 Å². The summed E-state index contributed by atoms with van der Waals surface area (Å²) in [4.78, 5) is 5.35. The molecule has 0 aliphatic heterocycles. The third kappa shape index (κ3) is 3.56. The zero-order valence-corrected chi connectivity index (χ0v) is 11.6. The van der Waals surface area contributed by atoms with Crippen LogP contribution in [-0.4, -0.2) is 11.5 Å². The van der Waals surface area contributed by atoms with Crippen molar-refractivity contribution in [2.75, 3.05) is 6.54 Å². The molecule has 88 valence electrons. The van der Waals surface area contributed by atoms with Gasteiger partial charge in [0.05, 0.1) is 0 Å². The number of benzene rings is 1. The van der Waals surface area contributed by atoms with Crippen LogP contribution < -0.4 is 5.73 Å². The fraction of sp³-hybridized carbons (Fsp3) is 0.154. The minimum atomic E-state index is 0.255. The van der Waals surface area contributed by atoms with E-state index in [9.17, 15) is 0 Å². The number of hydrogen-bond acceptors (Lipinski definition) is 3. The second-order valence-corrected chi connectivity index (χ2v) is 5.77. The van der Waals surface area contributed by atoms with E-state index in [1.165, 1.54) is 10.5 Å². The molecule has 0 saturated carbocycles. The molecule has 4 heteroatoms. The highest BCUT2D eigenvalue weighted by Crippen LogP contribution is 2.34. The maximum absolute atomic E-state index is 5.82. The van der Waals surface area contributed by atoms with Gasteiger partial charge in [0.25, 0.3) is 0 Å². The van der Waals surface area contributed by atoms with E-state index in [2.05, 4.69) is 39.1 Å². The lowest BCUT2D eigenvalue weighted by Gasteiger charge is -2.14. The van der Waals surface area contributed by atoms with Gasteiger partial charge < -0.3 is 5.73 Å². The minimum absolute atomic E-state index is 0.255. The molecule has 1 aromatic heterocycles. The van der Waals surface area contributed by atoms with Gasteiger partial charge in [-0.25, -0.2) is 0 Å². The predicted octanol–water partition coefficient (Wildman–Crippen LogP) is 3.64. The van der Waals surface area contributed by atoms with E-state index in [-0.39, 0.29) is 5.25 Å². The third-order valence-corrected chi connectivity index (χ3v) is 4.18. The van der Waals surface area contributed by atoms with E-state index in [0.29, 0.717) is 6.54 Å². The normalized spacial score (nSPS) is 12.4. The van der Waals surface area contributed by atoms with Crippen molar-refractivity contribution in [2.24, 2.45) is 5.73 Å². The molecule has 2 N–H and O–H groups in total. The molecule has 0 aliphatic rings. The predicted molar refractivity (Wildman–Crippen MR) is 76.0 cm³/mol. The third-order valence-electron chi connectivity index (χ3n) is 2.36. The summed E-state index contributed by atoms with van der Waals surface area (Å²) < 4.78 is 1.09. The molecule has 1 atom stereocenters. The molecule has 0 aliphatic carbocycles. The van der Waals surface area contributed by atoms with Gasteiger partial charge >= 0.3 is 0 Å². The molecule has 0 radical (unpaired) electrons. The van der Waals surface area contributed by atoms with Gasteiger partial charge in [-0.15, -0.1) is 11.8 Å². The molecular formula is C13H13BrN2S. The molecule has 1 unspecified atom stereocenters. The number of pyridine rings is 1. The van der Waals surface area contributed by atoms with E-state index in [1.54, 1.807) is 18.0 Å². The zero-order chi connectivity index (χ0) is 12.1. The first kappa shape index (κ1) is 12.6. The van der Waals surface area contributed by atoms with Crippen LogP contribution in [0.4, 0.5) is 0 Å². The van der Waals surface area contributed by atoms with Crippen molar-refractivity contribution >= 4 is 27.7 Å². The molecule has 1 aromatic carbocycles. The van der Waals surface area contributed by atoms with Gasteiger partial charge in [-0.3, -0.25) is 4.98 Å². The van der Waals surface area contributed by atoms with Crippen LogP contribution in [0.15, 0.2) is 58.2 Å². The SMILES string of the molecule is NCC(Sc1ccc(Br)cc1)c1cccnc1. The van der Waals surface area contributed by atoms with Gasteiger partial charge in [0.1, 0.15) is 0 Å². The van der Waals surface area contributed by atoms with Crippen LogP contribution in [0.5, 0.6) is 0 Å². The Morgan fingerprint density at radius 1 is 1.24 bits per heavy atom. The summed E-state index contributed by atoms with van der Waals surface area (Å²) in [6.45, 7) is 0.604. The Morgan fingerprint density at radius 2 is 2.00 bits per heavy atom. The maximum Gasteiger partial charge on any atom is 0.0482 e. The lowest BCUT2D eigenvalue weighted by molar-refractivity contribution is 0.932. The van der Waals surface area contributed by atoms with Crippen molar-refractivity contribution in [1.82, 2.24) is 4.98 Å². The molecule has 0 amide bonds. The number of rotatable bonds is 4. The van der Waals surface area contributed by atoms with E-state index in [0.717, 1.165) is 4.47 Å². The van der Waals surface area contributed by atoms with Gasteiger partial charge in [-0.1, -0.05) is 22.0 Å². The van der Waals surface area contributed by atoms with Gasteiger partial charge in [-0.2, -0.15) is 0 Å². The average Bonchev–Trinajstić information content (AvgIpc) is 2.39. The number of halogens is 1. The highest BCUT2D eigenvalue weighted by Gasteiger charge is 2.11. The van der Waals surface area contributed by atoms with Crippen LogP contribution in [0, 0.1) is 0 Å². The quantitative estimate of drug-likeness (QED) is 0.877. The van der Waals surface area contributed by atoms with Crippen molar-refractivity contribution in [3.05, 3.63) is 58.8 Å². The van der Waals surface area contributed by atoms with Crippen LogP contribution in [0.3, 0.4) is 0 Å². The van der Waals surface area contributed by atoms with Gasteiger partial charge in [0.2, 0.25) is 0 Å². The zero-order valence-electron chi connectivity index (χ0n) is 9.21. The van der Waals surface area contributed by atoms with Crippen LogP contribution in [0.25, 0.3) is 0 Å². The first-order valence-corrected chi connectivity index (χ1v) is 6.99. The van der Waals surface area contributed by atoms with Crippen molar-refractivity contribution < 1.29 is 0 Å². The molecule has 2 aromatic rings. The van der Waals surface area contributed by atoms with Crippen LogP contribution in [-0.2, 0) is 0 Å². The Hall–Kier alpha value is -0.840. The summed E-state index contributed by atoms with van der Waals surface area (Å²) in [5.41, 5.74) is 6.99. The Bertz CT molecular complexity index is 459. The highest BCUT2D eigenvalue weighted by molar-refractivity contribution is 9.10. The number of nitrogens with two attached hydrogens (primary N) is 1. The fourth-order valence-electron chi connectivity index (χ4n) is 1.50. The molecule has 0 bridgehead atoms. The van der Waals surface area contributed by atoms with Crippen molar-refractivity contribution in [3.63, 3.8) is 0 Å². The standard InChI is InChI=1S/C13H13BrN2S/c14-11-3-5-12(6-4-11)17-13(8-15)10-2-1-7-16-9-10/h1-7,9,13H,8,15H2. The lowest BCUT2D eigenvalue weighted by Crippen LogP contribution is -2.09. The first-order valence-electron chi connectivity index (χ1n) is 5.32. The Kier molecular flexibility index (Phi) is 4.59. The highest BCUT2D eigenvalue weighted by atomic mass is 79.9. The molecule has 2 nitrogen and oxygen atoms in total. The van der Waals surface area contributed by atoms with Gasteiger partial charge in [0, 0.05) is 33.6 Å². The van der Waals surface area contributed by atoms with Crippen LogP contribution in [0.2, 0.25) is 0 Å². The van der Waals surface area contributed by atoms with Crippen molar-refractivity contribution in [3.8, 4) is 0 Å².